The fourth-order valence-corrected chi connectivity index (χ4v) is 3.25. The van der Waals surface area contributed by atoms with Crippen LogP contribution in [0.15, 0.2) is 45.6 Å². The summed E-state index contributed by atoms with van der Waals surface area (Å²) in [5, 5.41) is 12.5. The van der Waals surface area contributed by atoms with Crippen molar-refractivity contribution >= 4 is 22.6 Å². The molecule has 0 aliphatic carbocycles. The average molecular weight is 381 g/mol. The van der Waals surface area contributed by atoms with E-state index in [2.05, 4.69) is 5.32 Å². The highest BCUT2D eigenvalue weighted by molar-refractivity contribution is 5.93. The second kappa shape index (κ2) is 8.27. The molecule has 0 bridgehead atoms. The van der Waals surface area contributed by atoms with Gasteiger partial charge in [0, 0.05) is 23.2 Å². The number of nitrogens with one attached hydrogen (secondary N) is 1. The summed E-state index contributed by atoms with van der Waals surface area (Å²) in [4.78, 5) is 24.9. The van der Waals surface area contributed by atoms with E-state index < -0.39 is 5.63 Å². The number of ether oxygens (including phenoxy) is 1. The Balaban J connectivity index is 1.85. The number of benzene rings is 2. The molecule has 0 fully saturated rings. The van der Waals surface area contributed by atoms with Gasteiger partial charge in [0.05, 0.1) is 19.1 Å². The first kappa shape index (κ1) is 19.6. The molecule has 0 unspecified atom stereocenters. The zero-order valence-corrected chi connectivity index (χ0v) is 16.2. The van der Waals surface area contributed by atoms with Crippen molar-refractivity contribution in [3.05, 3.63) is 69.1 Å². The van der Waals surface area contributed by atoms with Gasteiger partial charge in [-0.2, -0.15) is 0 Å². The minimum atomic E-state index is -0.519. The number of aliphatic hydroxyl groups is 1. The molecule has 0 aliphatic rings. The van der Waals surface area contributed by atoms with Crippen LogP contribution in [0.3, 0.4) is 0 Å². The highest BCUT2D eigenvalue weighted by Gasteiger charge is 2.17. The largest absolute Gasteiger partial charge is 0.496 e. The van der Waals surface area contributed by atoms with Crippen LogP contribution >= 0.6 is 0 Å². The second-order valence-corrected chi connectivity index (χ2v) is 6.66. The van der Waals surface area contributed by atoms with Crippen LogP contribution in [0, 0.1) is 13.8 Å². The molecule has 1 amide bonds. The third-order valence-electron chi connectivity index (χ3n) is 4.85. The fourth-order valence-electron chi connectivity index (χ4n) is 3.25. The lowest BCUT2D eigenvalue weighted by molar-refractivity contribution is -0.115. The molecule has 6 nitrogen and oxygen atoms in total. The van der Waals surface area contributed by atoms with E-state index in [1.165, 1.54) is 0 Å². The standard InChI is InChI=1S/C22H23NO5/c1-13-17-8-9-19(27-3)14(2)21(17)28-22(26)18(13)12-20(25)23-16-6-4-15(5-7-16)10-11-24/h4-9,24H,10-12H2,1-3H3,(H,23,25). The third-order valence-corrected chi connectivity index (χ3v) is 4.85. The van der Waals surface area contributed by atoms with Crippen LogP contribution < -0.4 is 15.7 Å². The first-order valence-electron chi connectivity index (χ1n) is 9.04. The van der Waals surface area contributed by atoms with Gasteiger partial charge >= 0.3 is 5.63 Å². The summed E-state index contributed by atoms with van der Waals surface area (Å²) in [5.74, 6) is 0.347. The first-order chi connectivity index (χ1) is 13.4. The van der Waals surface area contributed by atoms with Crippen molar-refractivity contribution in [3.63, 3.8) is 0 Å². The highest BCUT2D eigenvalue weighted by atomic mass is 16.5. The van der Waals surface area contributed by atoms with Crippen molar-refractivity contribution in [1.29, 1.82) is 0 Å². The van der Waals surface area contributed by atoms with E-state index in [0.29, 0.717) is 29.0 Å². The van der Waals surface area contributed by atoms with Crippen LogP contribution in [0.1, 0.15) is 22.3 Å². The van der Waals surface area contributed by atoms with Gasteiger partial charge in [0.15, 0.2) is 0 Å². The van der Waals surface area contributed by atoms with Gasteiger partial charge in [0.1, 0.15) is 11.3 Å². The lowest BCUT2D eigenvalue weighted by Crippen LogP contribution is -2.20. The summed E-state index contributed by atoms with van der Waals surface area (Å²) >= 11 is 0. The van der Waals surface area contributed by atoms with Gasteiger partial charge in [-0.1, -0.05) is 12.1 Å². The van der Waals surface area contributed by atoms with E-state index in [1.54, 1.807) is 19.2 Å². The van der Waals surface area contributed by atoms with Crippen molar-refractivity contribution in [2.24, 2.45) is 0 Å². The number of aliphatic hydroxyl groups excluding tert-OH is 1. The Labute approximate surface area is 162 Å². The summed E-state index contributed by atoms with van der Waals surface area (Å²) in [6.07, 6.45) is 0.489. The number of rotatable bonds is 6. The monoisotopic (exact) mass is 381 g/mol. The van der Waals surface area contributed by atoms with Crippen LogP contribution in [0.2, 0.25) is 0 Å². The lowest BCUT2D eigenvalue weighted by Gasteiger charge is -2.12. The number of aryl methyl sites for hydroxylation is 2. The molecule has 3 aromatic rings. The topological polar surface area (TPSA) is 88.8 Å². The maximum absolute atomic E-state index is 12.5. The minimum Gasteiger partial charge on any atom is -0.496 e. The molecule has 6 heteroatoms. The van der Waals surface area contributed by atoms with Crippen LogP contribution in [-0.2, 0) is 17.6 Å². The van der Waals surface area contributed by atoms with Crippen LogP contribution in [0.4, 0.5) is 5.69 Å². The zero-order chi connectivity index (χ0) is 20.3. The van der Waals surface area contributed by atoms with Gasteiger partial charge in [0.2, 0.25) is 5.91 Å². The highest BCUT2D eigenvalue weighted by Crippen LogP contribution is 2.29. The summed E-state index contributed by atoms with van der Waals surface area (Å²) in [7, 11) is 1.56. The number of carbonyl (C=O) groups excluding carboxylic acids is 1. The Morgan fingerprint density at radius 1 is 1.11 bits per heavy atom. The molecular formula is C22H23NO5. The number of methoxy groups -OCH3 is 1. The molecule has 1 aromatic heterocycles. The Kier molecular flexibility index (Phi) is 5.80. The number of amides is 1. The Hall–Kier alpha value is -3.12. The molecule has 0 saturated heterocycles. The lowest BCUT2D eigenvalue weighted by atomic mass is 10.0. The fraction of sp³-hybridized carbons (Fsp3) is 0.273. The van der Waals surface area contributed by atoms with Gasteiger partial charge in [-0.05, 0) is 55.7 Å². The second-order valence-electron chi connectivity index (χ2n) is 6.66. The summed E-state index contributed by atoms with van der Waals surface area (Å²) in [6.45, 7) is 3.72. The molecule has 0 aliphatic heterocycles. The maximum Gasteiger partial charge on any atom is 0.340 e. The van der Waals surface area contributed by atoms with Gasteiger partial charge in [-0.15, -0.1) is 0 Å². The Morgan fingerprint density at radius 3 is 2.46 bits per heavy atom. The van der Waals surface area contributed by atoms with E-state index >= 15 is 0 Å². The molecule has 28 heavy (non-hydrogen) atoms. The quantitative estimate of drug-likeness (QED) is 0.641. The number of anilines is 1. The molecular weight excluding hydrogens is 358 g/mol. The molecule has 0 saturated carbocycles. The molecule has 0 radical (unpaired) electrons. The van der Waals surface area contributed by atoms with Gasteiger partial charge in [-0.3, -0.25) is 4.79 Å². The van der Waals surface area contributed by atoms with Gasteiger partial charge in [0.25, 0.3) is 0 Å². The normalized spacial score (nSPS) is 10.9. The van der Waals surface area contributed by atoms with E-state index in [-0.39, 0.29) is 18.9 Å². The third kappa shape index (κ3) is 3.92. The predicted octanol–water partition coefficient (Wildman–Crippen LogP) is 3.13. The molecule has 2 aromatic carbocycles. The maximum atomic E-state index is 12.5. The van der Waals surface area contributed by atoms with Crippen LogP contribution in [-0.4, -0.2) is 24.7 Å². The predicted molar refractivity (Wildman–Crippen MR) is 108 cm³/mol. The minimum absolute atomic E-state index is 0.0758. The number of carbonyl (C=O) groups is 1. The van der Waals surface area contributed by atoms with E-state index in [1.807, 2.05) is 38.1 Å². The number of hydrogen-bond donors (Lipinski definition) is 2. The van der Waals surface area contributed by atoms with E-state index in [0.717, 1.165) is 22.1 Å². The van der Waals surface area contributed by atoms with Gasteiger partial charge < -0.3 is 19.6 Å². The molecule has 146 valence electrons. The van der Waals surface area contributed by atoms with Gasteiger partial charge in [-0.25, -0.2) is 4.79 Å². The summed E-state index contributed by atoms with van der Waals surface area (Å²) in [5.41, 5.74) is 3.39. The van der Waals surface area contributed by atoms with Crippen molar-refractivity contribution in [1.82, 2.24) is 0 Å². The smallest absolute Gasteiger partial charge is 0.340 e. The first-order valence-corrected chi connectivity index (χ1v) is 9.04. The van der Waals surface area contributed by atoms with Crippen LogP contribution in [0.5, 0.6) is 5.75 Å². The number of fused-ring (bicyclic) bond motifs is 1. The molecule has 3 rings (SSSR count). The molecule has 1 heterocycles. The number of hydrogen-bond acceptors (Lipinski definition) is 5. The zero-order valence-electron chi connectivity index (χ0n) is 16.2. The van der Waals surface area contributed by atoms with Crippen molar-refractivity contribution in [2.75, 3.05) is 19.0 Å². The summed E-state index contributed by atoms with van der Waals surface area (Å²) in [6, 6.07) is 10.9. The van der Waals surface area contributed by atoms with Crippen molar-refractivity contribution in [3.8, 4) is 5.75 Å². The Morgan fingerprint density at radius 2 is 1.82 bits per heavy atom. The van der Waals surface area contributed by atoms with E-state index in [4.69, 9.17) is 14.3 Å². The Bertz CT molecular complexity index is 1070. The summed E-state index contributed by atoms with van der Waals surface area (Å²) < 4.78 is 10.8. The van der Waals surface area contributed by atoms with E-state index in [9.17, 15) is 9.59 Å². The van der Waals surface area contributed by atoms with Crippen molar-refractivity contribution in [2.45, 2.75) is 26.7 Å². The molecule has 0 spiro atoms. The molecule has 2 N–H and O–H groups in total. The SMILES string of the molecule is COc1ccc2c(C)c(CC(=O)Nc3ccc(CCO)cc3)c(=O)oc2c1C. The average Bonchev–Trinajstić information content (AvgIpc) is 2.68. The van der Waals surface area contributed by atoms with Crippen LogP contribution in [0.25, 0.3) is 11.0 Å². The molecule has 0 atom stereocenters. The van der Waals surface area contributed by atoms with Crippen molar-refractivity contribution < 1.29 is 19.1 Å².